The zero-order valence-corrected chi connectivity index (χ0v) is 9.70. The van der Waals surface area contributed by atoms with Gasteiger partial charge in [0.15, 0.2) is 0 Å². The molecule has 0 fully saturated rings. The molecule has 0 aliphatic heterocycles. The summed E-state index contributed by atoms with van der Waals surface area (Å²) in [6.07, 6.45) is 0.918. The predicted molar refractivity (Wildman–Crippen MR) is 63.4 cm³/mol. The molecule has 0 unspecified atom stereocenters. The molecule has 0 saturated heterocycles. The topological polar surface area (TPSA) is 79.3 Å². The second-order valence-corrected chi connectivity index (χ2v) is 4.20. The van der Waals surface area contributed by atoms with Crippen LogP contribution >= 0.6 is 11.3 Å². The van der Waals surface area contributed by atoms with Crippen molar-refractivity contribution in [1.29, 1.82) is 0 Å². The monoisotopic (exact) mass is 266 g/mol. The first-order chi connectivity index (χ1) is 8.58. The third-order valence-electron chi connectivity index (χ3n) is 2.08. The van der Waals surface area contributed by atoms with Crippen LogP contribution in [0.1, 0.15) is 20.8 Å². The number of pyridine rings is 1. The van der Waals surface area contributed by atoms with E-state index in [9.17, 15) is 14.0 Å². The van der Waals surface area contributed by atoms with Gasteiger partial charge in [0.1, 0.15) is 16.5 Å². The first-order valence-corrected chi connectivity index (χ1v) is 5.69. The summed E-state index contributed by atoms with van der Waals surface area (Å²) < 4.78 is 12.6. The Hall–Kier alpha value is -2.28. The van der Waals surface area contributed by atoms with Gasteiger partial charge in [-0.3, -0.25) is 4.79 Å². The number of hydrogen-bond donors (Lipinski definition) is 2. The van der Waals surface area contributed by atoms with E-state index in [1.165, 1.54) is 12.1 Å². The highest BCUT2D eigenvalue weighted by Gasteiger charge is 2.15. The average molecular weight is 266 g/mol. The maximum atomic E-state index is 12.6. The Morgan fingerprint density at radius 1 is 1.33 bits per heavy atom. The molecule has 5 nitrogen and oxygen atoms in total. The number of thiophene rings is 1. The molecule has 92 valence electrons. The number of aromatic nitrogens is 1. The molecule has 18 heavy (non-hydrogen) atoms. The van der Waals surface area contributed by atoms with E-state index in [4.69, 9.17) is 5.11 Å². The third kappa shape index (κ3) is 2.51. The zero-order valence-electron chi connectivity index (χ0n) is 8.88. The number of hydrogen-bond acceptors (Lipinski definition) is 4. The number of carbonyl (C=O) groups is 2. The van der Waals surface area contributed by atoms with Crippen LogP contribution < -0.4 is 5.32 Å². The zero-order chi connectivity index (χ0) is 13.1. The van der Waals surface area contributed by atoms with Gasteiger partial charge in [0.05, 0.1) is 11.8 Å². The molecule has 0 saturated carbocycles. The van der Waals surface area contributed by atoms with Crippen LogP contribution in [0, 0.1) is 5.82 Å². The van der Waals surface area contributed by atoms with E-state index < -0.39 is 17.7 Å². The lowest BCUT2D eigenvalue weighted by Gasteiger charge is -2.03. The van der Waals surface area contributed by atoms with E-state index in [0.717, 1.165) is 23.6 Å². The molecule has 7 heteroatoms. The van der Waals surface area contributed by atoms with E-state index >= 15 is 0 Å². The fraction of sp³-hybridized carbons (Fsp3) is 0. The molecule has 0 bridgehead atoms. The van der Waals surface area contributed by atoms with E-state index in [1.54, 1.807) is 5.38 Å². The Bertz CT molecular complexity index is 595. The quantitative estimate of drug-likeness (QED) is 0.892. The largest absolute Gasteiger partial charge is 0.478 e. The third-order valence-corrected chi connectivity index (χ3v) is 2.91. The number of carboxylic acid groups (broad SMARTS) is 1. The lowest BCUT2D eigenvalue weighted by atomic mass is 10.3. The normalized spacial score (nSPS) is 10.1. The summed E-state index contributed by atoms with van der Waals surface area (Å²) in [5, 5.41) is 13.1. The highest BCUT2D eigenvalue weighted by molar-refractivity contribution is 7.14. The molecule has 0 aliphatic carbocycles. The van der Waals surface area contributed by atoms with Crippen LogP contribution in [0.25, 0.3) is 0 Å². The van der Waals surface area contributed by atoms with Gasteiger partial charge in [0, 0.05) is 0 Å². The summed E-state index contributed by atoms with van der Waals surface area (Å²) in [5.74, 6) is -2.26. The van der Waals surface area contributed by atoms with Gasteiger partial charge in [-0.1, -0.05) is 0 Å². The lowest BCUT2D eigenvalue weighted by Crippen LogP contribution is -2.14. The molecular formula is C11H7FN2O3S. The second-order valence-electron chi connectivity index (χ2n) is 3.28. The Morgan fingerprint density at radius 3 is 2.72 bits per heavy atom. The molecule has 1 amide bonds. The Balaban J connectivity index is 2.19. The number of amides is 1. The van der Waals surface area contributed by atoms with Crippen molar-refractivity contribution in [3.05, 3.63) is 46.9 Å². The molecule has 0 atom stereocenters. The van der Waals surface area contributed by atoms with Crippen LogP contribution in [-0.4, -0.2) is 22.0 Å². The van der Waals surface area contributed by atoms with Gasteiger partial charge in [-0.25, -0.2) is 14.2 Å². The van der Waals surface area contributed by atoms with Crippen LogP contribution in [0.2, 0.25) is 0 Å². The molecule has 2 N–H and O–H groups in total. The maximum Gasteiger partial charge on any atom is 0.338 e. The predicted octanol–water partition coefficient (Wildman–Crippen LogP) is 2.23. The first-order valence-electron chi connectivity index (χ1n) is 4.81. The van der Waals surface area contributed by atoms with Crippen molar-refractivity contribution >= 4 is 28.2 Å². The summed E-state index contributed by atoms with van der Waals surface area (Å²) >= 11 is 1.09. The van der Waals surface area contributed by atoms with E-state index in [-0.39, 0.29) is 16.3 Å². The van der Waals surface area contributed by atoms with Crippen molar-refractivity contribution in [2.75, 3.05) is 5.32 Å². The highest BCUT2D eigenvalue weighted by atomic mass is 32.1. The molecule has 0 radical (unpaired) electrons. The molecule has 2 heterocycles. The van der Waals surface area contributed by atoms with Gasteiger partial charge in [-0.05, 0) is 23.6 Å². The van der Waals surface area contributed by atoms with Gasteiger partial charge >= 0.3 is 5.97 Å². The number of anilines is 1. The fourth-order valence-corrected chi connectivity index (χ4v) is 2.03. The summed E-state index contributed by atoms with van der Waals surface area (Å²) in [4.78, 5) is 26.2. The lowest BCUT2D eigenvalue weighted by molar-refractivity contribution is 0.0698. The summed E-state index contributed by atoms with van der Waals surface area (Å²) in [6, 6.07) is 3.72. The van der Waals surface area contributed by atoms with E-state index in [1.807, 2.05) is 0 Å². The van der Waals surface area contributed by atoms with Gasteiger partial charge in [-0.15, -0.1) is 11.3 Å². The van der Waals surface area contributed by atoms with Gasteiger partial charge < -0.3 is 10.4 Å². The smallest absolute Gasteiger partial charge is 0.338 e. The minimum atomic E-state index is -1.13. The number of aromatic carboxylic acids is 1. The van der Waals surface area contributed by atoms with Crippen LogP contribution in [-0.2, 0) is 0 Å². The second kappa shape index (κ2) is 4.92. The summed E-state index contributed by atoms with van der Waals surface area (Å²) in [6.45, 7) is 0. The molecule has 2 aromatic rings. The van der Waals surface area contributed by atoms with Crippen molar-refractivity contribution in [3.8, 4) is 0 Å². The maximum absolute atomic E-state index is 12.6. The minimum absolute atomic E-state index is 0.00969. The fourth-order valence-electron chi connectivity index (χ4n) is 1.25. The molecule has 2 aromatic heterocycles. The van der Waals surface area contributed by atoms with Crippen molar-refractivity contribution < 1.29 is 19.1 Å². The molecule has 2 rings (SSSR count). The van der Waals surface area contributed by atoms with Crippen LogP contribution in [0.15, 0.2) is 29.8 Å². The Kier molecular flexibility index (Phi) is 3.33. The number of nitrogens with zero attached hydrogens (tertiary/aromatic N) is 1. The standard InChI is InChI=1S/C11H7FN2O3S/c12-6-1-2-8(13-5-6)9(15)14-10-7(11(16)17)3-4-18-10/h1-5H,(H,14,15)(H,16,17). The SMILES string of the molecule is O=C(Nc1sccc1C(=O)O)c1ccc(F)cn1. The first kappa shape index (κ1) is 12.2. The molecular weight excluding hydrogens is 259 g/mol. The Morgan fingerprint density at radius 2 is 2.11 bits per heavy atom. The molecule has 0 aromatic carbocycles. The highest BCUT2D eigenvalue weighted by Crippen LogP contribution is 2.23. The van der Waals surface area contributed by atoms with Crippen molar-refractivity contribution in [2.24, 2.45) is 0 Å². The number of rotatable bonds is 3. The van der Waals surface area contributed by atoms with Crippen LogP contribution in [0.5, 0.6) is 0 Å². The number of halogens is 1. The summed E-state index contributed by atoms with van der Waals surface area (Å²) in [5.41, 5.74) is 0.0246. The Labute approximate surface area is 105 Å². The van der Waals surface area contributed by atoms with Crippen molar-refractivity contribution in [2.45, 2.75) is 0 Å². The van der Waals surface area contributed by atoms with Gasteiger partial charge in [0.2, 0.25) is 0 Å². The van der Waals surface area contributed by atoms with E-state index in [2.05, 4.69) is 10.3 Å². The average Bonchev–Trinajstić information content (AvgIpc) is 2.78. The van der Waals surface area contributed by atoms with Gasteiger partial charge in [-0.2, -0.15) is 0 Å². The number of nitrogens with one attached hydrogen (secondary N) is 1. The summed E-state index contributed by atoms with van der Waals surface area (Å²) in [7, 11) is 0. The number of carboxylic acids is 1. The van der Waals surface area contributed by atoms with Gasteiger partial charge in [0.25, 0.3) is 5.91 Å². The van der Waals surface area contributed by atoms with Crippen molar-refractivity contribution in [3.63, 3.8) is 0 Å². The van der Waals surface area contributed by atoms with Crippen LogP contribution in [0.3, 0.4) is 0 Å². The van der Waals surface area contributed by atoms with Crippen LogP contribution in [0.4, 0.5) is 9.39 Å². The van der Waals surface area contributed by atoms with E-state index in [0.29, 0.717) is 0 Å². The molecule has 0 aliphatic rings. The molecule has 0 spiro atoms. The number of carbonyl (C=O) groups excluding carboxylic acids is 1. The minimum Gasteiger partial charge on any atom is -0.478 e. The van der Waals surface area contributed by atoms with Crippen molar-refractivity contribution in [1.82, 2.24) is 4.98 Å².